The van der Waals surface area contributed by atoms with Crippen molar-refractivity contribution in [3.8, 4) is 0 Å². The first-order valence-electron chi connectivity index (χ1n) is 8.09. The van der Waals surface area contributed by atoms with E-state index in [0.717, 1.165) is 12.1 Å². The molecule has 0 amide bonds. The minimum atomic E-state index is -3.43. The number of quaternary nitrogens is 1. The van der Waals surface area contributed by atoms with Crippen molar-refractivity contribution in [3.05, 3.63) is 70.3 Å². The maximum absolute atomic E-state index is 12.6. The smallest absolute Gasteiger partial charge is 0.269 e. The molecule has 1 aliphatic rings. The minimum absolute atomic E-state index is 0.0810. The summed E-state index contributed by atoms with van der Waals surface area (Å²) in [6.07, 6.45) is 0. The number of nitro groups is 1. The van der Waals surface area contributed by atoms with Gasteiger partial charge in [-0.1, -0.05) is 18.2 Å². The Kier molecular flexibility index (Phi) is 5.12. The molecule has 1 N–H and O–H groups in total. The quantitative estimate of drug-likeness (QED) is 0.626. The Morgan fingerprint density at radius 1 is 1.00 bits per heavy atom. The van der Waals surface area contributed by atoms with Gasteiger partial charge in [-0.3, -0.25) is 10.1 Å². The molecule has 0 saturated carbocycles. The first-order chi connectivity index (χ1) is 12.0. The maximum atomic E-state index is 12.6. The van der Waals surface area contributed by atoms with Crippen molar-refractivity contribution in [3.63, 3.8) is 0 Å². The molecule has 0 atom stereocenters. The highest BCUT2D eigenvalue weighted by atomic mass is 32.2. The van der Waals surface area contributed by atoms with Crippen LogP contribution in [0.5, 0.6) is 0 Å². The highest BCUT2D eigenvalue weighted by Crippen LogP contribution is 2.15. The lowest BCUT2D eigenvalue weighted by atomic mass is 10.2. The molecule has 2 aromatic carbocycles. The summed E-state index contributed by atoms with van der Waals surface area (Å²) in [6, 6.07) is 15.0. The van der Waals surface area contributed by atoms with E-state index in [1.165, 1.54) is 21.3 Å². The van der Waals surface area contributed by atoms with Crippen molar-refractivity contribution in [2.75, 3.05) is 26.2 Å². The van der Waals surface area contributed by atoms with Gasteiger partial charge in [-0.2, -0.15) is 4.31 Å². The van der Waals surface area contributed by atoms with Gasteiger partial charge in [0.1, 0.15) is 6.54 Å². The number of hydrogen-bond acceptors (Lipinski definition) is 4. The fourth-order valence-corrected chi connectivity index (χ4v) is 4.45. The van der Waals surface area contributed by atoms with Gasteiger partial charge in [0.15, 0.2) is 0 Å². The van der Waals surface area contributed by atoms with E-state index in [1.807, 2.05) is 0 Å². The number of nitro benzene ring substituents is 1. The SMILES string of the molecule is O=[N+]([O-])c1ccc(C[NH+]2CCN(S(=O)(=O)c3ccccc3)CC2)cc1. The molecule has 0 aromatic heterocycles. The molecule has 1 aliphatic heterocycles. The number of piperazine rings is 1. The first-order valence-corrected chi connectivity index (χ1v) is 9.53. The zero-order chi connectivity index (χ0) is 17.9. The van der Waals surface area contributed by atoms with Crippen LogP contribution in [-0.2, 0) is 16.6 Å². The Labute approximate surface area is 146 Å². The van der Waals surface area contributed by atoms with Crippen molar-refractivity contribution in [1.82, 2.24) is 4.31 Å². The van der Waals surface area contributed by atoms with Gasteiger partial charge in [-0.15, -0.1) is 0 Å². The van der Waals surface area contributed by atoms with E-state index in [-0.39, 0.29) is 5.69 Å². The number of rotatable bonds is 5. The summed E-state index contributed by atoms with van der Waals surface area (Å²) < 4.78 is 26.7. The summed E-state index contributed by atoms with van der Waals surface area (Å²) in [5, 5.41) is 10.7. The van der Waals surface area contributed by atoms with Crippen LogP contribution in [0.25, 0.3) is 0 Å². The summed E-state index contributed by atoms with van der Waals surface area (Å²) in [5.74, 6) is 0. The lowest BCUT2D eigenvalue weighted by Crippen LogP contribution is -3.13. The summed E-state index contributed by atoms with van der Waals surface area (Å²) in [4.78, 5) is 11.9. The molecule has 8 heteroatoms. The molecule has 0 aliphatic carbocycles. The molecule has 25 heavy (non-hydrogen) atoms. The van der Waals surface area contributed by atoms with Crippen LogP contribution in [0.1, 0.15) is 5.56 Å². The second kappa shape index (κ2) is 7.30. The highest BCUT2D eigenvalue weighted by molar-refractivity contribution is 7.89. The van der Waals surface area contributed by atoms with Crippen LogP contribution in [0.4, 0.5) is 5.69 Å². The molecule has 132 valence electrons. The predicted octanol–water partition coefficient (Wildman–Crippen LogP) is 0.684. The Morgan fingerprint density at radius 2 is 1.60 bits per heavy atom. The average Bonchev–Trinajstić information content (AvgIpc) is 2.63. The van der Waals surface area contributed by atoms with Crippen molar-refractivity contribution < 1.29 is 18.2 Å². The fraction of sp³-hybridized carbons (Fsp3) is 0.294. The van der Waals surface area contributed by atoms with Gasteiger partial charge in [-0.05, 0) is 24.3 Å². The molecule has 2 aromatic rings. The van der Waals surface area contributed by atoms with Crippen molar-refractivity contribution in [2.24, 2.45) is 0 Å². The molecule has 1 heterocycles. The average molecular weight is 362 g/mol. The van der Waals surface area contributed by atoms with Gasteiger partial charge < -0.3 is 4.90 Å². The standard InChI is InChI=1S/C17H19N3O4S/c21-20(22)16-8-6-15(7-9-16)14-18-10-12-19(13-11-18)25(23,24)17-4-2-1-3-5-17/h1-9H,10-14H2/p+1. The number of nitrogens with one attached hydrogen (secondary N) is 1. The van der Waals surface area contributed by atoms with E-state index in [0.29, 0.717) is 31.1 Å². The number of nitrogens with zero attached hydrogens (tertiary/aromatic N) is 2. The summed E-state index contributed by atoms with van der Waals surface area (Å²) in [7, 11) is -3.43. The van der Waals surface area contributed by atoms with Crippen LogP contribution in [-0.4, -0.2) is 43.8 Å². The van der Waals surface area contributed by atoms with Gasteiger partial charge in [0.05, 0.1) is 36.0 Å². The maximum Gasteiger partial charge on any atom is 0.269 e. The number of benzene rings is 2. The highest BCUT2D eigenvalue weighted by Gasteiger charge is 2.30. The normalized spacial score (nSPS) is 16.6. The molecule has 0 radical (unpaired) electrons. The Hall–Kier alpha value is -2.29. The van der Waals surface area contributed by atoms with Crippen LogP contribution >= 0.6 is 0 Å². The third-order valence-corrected chi connectivity index (χ3v) is 6.32. The molecule has 7 nitrogen and oxygen atoms in total. The van der Waals surface area contributed by atoms with E-state index in [1.54, 1.807) is 42.5 Å². The Bertz CT molecular complexity index is 830. The minimum Gasteiger partial charge on any atom is -0.329 e. The van der Waals surface area contributed by atoms with E-state index < -0.39 is 14.9 Å². The second-order valence-corrected chi connectivity index (χ2v) is 8.01. The fourth-order valence-electron chi connectivity index (χ4n) is 2.99. The zero-order valence-corrected chi connectivity index (χ0v) is 14.5. The molecule has 3 rings (SSSR count). The molecule has 0 bridgehead atoms. The second-order valence-electron chi connectivity index (χ2n) is 6.07. The lowest BCUT2D eigenvalue weighted by molar-refractivity contribution is -0.917. The Morgan fingerprint density at radius 3 is 2.16 bits per heavy atom. The van der Waals surface area contributed by atoms with Gasteiger partial charge in [0.2, 0.25) is 10.0 Å². The third kappa shape index (κ3) is 4.04. The topological polar surface area (TPSA) is 85.0 Å². The van der Waals surface area contributed by atoms with Crippen LogP contribution in [0.3, 0.4) is 0 Å². The molecule has 0 unspecified atom stereocenters. The molecule has 1 fully saturated rings. The van der Waals surface area contributed by atoms with E-state index in [2.05, 4.69) is 0 Å². The van der Waals surface area contributed by atoms with Crippen LogP contribution in [0, 0.1) is 10.1 Å². The van der Waals surface area contributed by atoms with Crippen LogP contribution in [0.15, 0.2) is 59.5 Å². The molecule has 0 spiro atoms. The third-order valence-electron chi connectivity index (χ3n) is 4.41. The number of non-ortho nitro benzene ring substituents is 1. The van der Waals surface area contributed by atoms with Crippen molar-refractivity contribution >= 4 is 15.7 Å². The summed E-state index contributed by atoms with van der Waals surface area (Å²) in [5.41, 5.74) is 1.09. The van der Waals surface area contributed by atoms with Crippen molar-refractivity contribution in [1.29, 1.82) is 0 Å². The van der Waals surface area contributed by atoms with E-state index >= 15 is 0 Å². The van der Waals surface area contributed by atoms with Crippen LogP contribution in [0.2, 0.25) is 0 Å². The van der Waals surface area contributed by atoms with E-state index in [4.69, 9.17) is 0 Å². The van der Waals surface area contributed by atoms with Gasteiger partial charge in [0.25, 0.3) is 5.69 Å². The summed E-state index contributed by atoms with van der Waals surface area (Å²) in [6.45, 7) is 3.10. The van der Waals surface area contributed by atoms with Gasteiger partial charge in [0, 0.05) is 17.7 Å². The Balaban J connectivity index is 1.59. The monoisotopic (exact) mass is 362 g/mol. The summed E-state index contributed by atoms with van der Waals surface area (Å²) >= 11 is 0. The van der Waals surface area contributed by atoms with E-state index in [9.17, 15) is 18.5 Å². The first kappa shape index (κ1) is 17.5. The lowest BCUT2D eigenvalue weighted by Gasteiger charge is -2.31. The molecule has 1 saturated heterocycles. The van der Waals surface area contributed by atoms with Gasteiger partial charge >= 0.3 is 0 Å². The largest absolute Gasteiger partial charge is 0.329 e. The zero-order valence-electron chi connectivity index (χ0n) is 13.7. The number of hydrogen-bond donors (Lipinski definition) is 1. The predicted molar refractivity (Wildman–Crippen MR) is 92.7 cm³/mol. The van der Waals surface area contributed by atoms with Gasteiger partial charge in [-0.25, -0.2) is 8.42 Å². The molecular formula is C17H20N3O4S+. The van der Waals surface area contributed by atoms with Crippen molar-refractivity contribution in [2.45, 2.75) is 11.4 Å². The molecular weight excluding hydrogens is 342 g/mol. The number of sulfonamides is 1. The van der Waals surface area contributed by atoms with Crippen LogP contribution < -0.4 is 4.90 Å².